The van der Waals surface area contributed by atoms with E-state index in [1.807, 2.05) is 48.5 Å². The van der Waals surface area contributed by atoms with Gasteiger partial charge in [0.2, 0.25) is 5.91 Å². The van der Waals surface area contributed by atoms with Gasteiger partial charge in [0.15, 0.2) is 0 Å². The molecule has 0 saturated carbocycles. The number of aromatic nitrogens is 2. The summed E-state index contributed by atoms with van der Waals surface area (Å²) in [5.41, 5.74) is 2.71. The molecule has 1 amide bonds. The van der Waals surface area contributed by atoms with E-state index in [4.69, 9.17) is 9.72 Å². The molecule has 162 valence electrons. The van der Waals surface area contributed by atoms with Crippen molar-refractivity contribution in [3.8, 4) is 5.75 Å². The standard InChI is InChI=1S/C26H24FN3O2/c27-20-11-13-21(14-12-20)30-18-19(17-25(30)31)26-28-23-9-4-5-10-24(23)29(26)15-6-16-32-22-7-2-1-3-8-22/h1-5,7-14,19H,6,15-18H2/t19-/m1/s1. The van der Waals surface area contributed by atoms with Gasteiger partial charge in [-0.2, -0.15) is 0 Å². The maximum absolute atomic E-state index is 13.3. The van der Waals surface area contributed by atoms with Crippen LogP contribution in [-0.4, -0.2) is 28.6 Å². The van der Waals surface area contributed by atoms with Crippen LogP contribution in [-0.2, 0) is 11.3 Å². The molecule has 4 aromatic rings. The number of nitrogens with zero attached hydrogens (tertiary/aromatic N) is 3. The number of fused-ring (bicyclic) bond motifs is 1. The average molecular weight is 429 g/mol. The second-order valence-electron chi connectivity index (χ2n) is 8.01. The molecule has 1 aromatic heterocycles. The molecule has 3 aromatic carbocycles. The molecule has 0 radical (unpaired) electrons. The highest BCUT2D eigenvalue weighted by Gasteiger charge is 2.34. The lowest BCUT2D eigenvalue weighted by Gasteiger charge is -2.17. The van der Waals surface area contributed by atoms with Gasteiger partial charge in [-0.05, 0) is 55.0 Å². The van der Waals surface area contributed by atoms with E-state index in [0.29, 0.717) is 19.6 Å². The van der Waals surface area contributed by atoms with Crippen LogP contribution in [0.25, 0.3) is 11.0 Å². The number of hydrogen-bond acceptors (Lipinski definition) is 3. The van der Waals surface area contributed by atoms with Crippen LogP contribution in [0.3, 0.4) is 0 Å². The molecule has 1 saturated heterocycles. The maximum atomic E-state index is 13.3. The number of anilines is 1. The molecule has 0 unspecified atom stereocenters. The number of amides is 1. The Morgan fingerprint density at radius 2 is 1.72 bits per heavy atom. The average Bonchev–Trinajstić information content (AvgIpc) is 3.38. The van der Waals surface area contributed by atoms with Gasteiger partial charge in [-0.25, -0.2) is 9.37 Å². The molecule has 32 heavy (non-hydrogen) atoms. The first kappa shape index (κ1) is 20.2. The van der Waals surface area contributed by atoms with Gasteiger partial charge in [0.25, 0.3) is 0 Å². The van der Waals surface area contributed by atoms with E-state index in [0.717, 1.165) is 41.3 Å². The van der Waals surface area contributed by atoms with Crippen LogP contribution < -0.4 is 9.64 Å². The van der Waals surface area contributed by atoms with Crippen molar-refractivity contribution < 1.29 is 13.9 Å². The molecule has 1 fully saturated rings. The van der Waals surface area contributed by atoms with Gasteiger partial charge in [0.1, 0.15) is 17.4 Å². The molecule has 5 nitrogen and oxygen atoms in total. The first-order valence-corrected chi connectivity index (χ1v) is 10.9. The number of aryl methyl sites for hydroxylation is 1. The zero-order valence-electron chi connectivity index (χ0n) is 17.7. The van der Waals surface area contributed by atoms with Gasteiger partial charge in [0, 0.05) is 31.1 Å². The number of rotatable bonds is 7. The predicted molar refractivity (Wildman–Crippen MR) is 122 cm³/mol. The van der Waals surface area contributed by atoms with E-state index in [2.05, 4.69) is 10.6 Å². The largest absolute Gasteiger partial charge is 0.494 e. The summed E-state index contributed by atoms with van der Waals surface area (Å²) < 4.78 is 21.4. The van der Waals surface area contributed by atoms with E-state index in [-0.39, 0.29) is 17.6 Å². The third kappa shape index (κ3) is 4.08. The molecule has 0 bridgehead atoms. The van der Waals surface area contributed by atoms with Crippen LogP contribution in [0.4, 0.5) is 10.1 Å². The summed E-state index contributed by atoms with van der Waals surface area (Å²) >= 11 is 0. The van der Waals surface area contributed by atoms with Crippen molar-refractivity contribution in [2.45, 2.75) is 25.3 Å². The molecule has 6 heteroatoms. The minimum Gasteiger partial charge on any atom is -0.494 e. The van der Waals surface area contributed by atoms with Gasteiger partial charge < -0.3 is 14.2 Å². The van der Waals surface area contributed by atoms with Crippen molar-refractivity contribution in [3.63, 3.8) is 0 Å². The predicted octanol–water partition coefficient (Wildman–Crippen LogP) is 5.17. The molecule has 1 atom stereocenters. The summed E-state index contributed by atoms with van der Waals surface area (Å²) in [6, 6.07) is 23.9. The van der Waals surface area contributed by atoms with E-state index in [1.165, 1.54) is 12.1 Å². The second kappa shape index (κ2) is 8.83. The number of para-hydroxylation sites is 3. The number of hydrogen-bond donors (Lipinski definition) is 0. The number of benzene rings is 3. The first-order valence-electron chi connectivity index (χ1n) is 10.9. The van der Waals surface area contributed by atoms with Crippen LogP contribution in [0, 0.1) is 5.82 Å². The van der Waals surface area contributed by atoms with Gasteiger partial charge in [-0.15, -0.1) is 0 Å². The van der Waals surface area contributed by atoms with Gasteiger partial charge in [-0.1, -0.05) is 30.3 Å². The highest BCUT2D eigenvalue weighted by molar-refractivity contribution is 5.96. The van der Waals surface area contributed by atoms with Crippen molar-refractivity contribution in [1.29, 1.82) is 0 Å². The topological polar surface area (TPSA) is 47.4 Å². The molecule has 1 aliphatic heterocycles. The third-order valence-electron chi connectivity index (χ3n) is 5.85. The first-order chi connectivity index (χ1) is 15.7. The minimum atomic E-state index is -0.309. The molecule has 0 aliphatic carbocycles. The number of ether oxygens (including phenoxy) is 1. The smallest absolute Gasteiger partial charge is 0.227 e. The van der Waals surface area contributed by atoms with Crippen LogP contribution in [0.15, 0.2) is 78.9 Å². The van der Waals surface area contributed by atoms with E-state index >= 15 is 0 Å². The fourth-order valence-corrected chi connectivity index (χ4v) is 4.32. The van der Waals surface area contributed by atoms with Crippen molar-refractivity contribution in [2.75, 3.05) is 18.1 Å². The summed E-state index contributed by atoms with van der Waals surface area (Å²) in [7, 11) is 0. The van der Waals surface area contributed by atoms with Crippen LogP contribution >= 0.6 is 0 Å². The monoisotopic (exact) mass is 429 g/mol. The van der Waals surface area contributed by atoms with E-state index in [9.17, 15) is 9.18 Å². The molecular weight excluding hydrogens is 405 g/mol. The third-order valence-corrected chi connectivity index (χ3v) is 5.85. The fourth-order valence-electron chi connectivity index (χ4n) is 4.32. The van der Waals surface area contributed by atoms with Crippen molar-refractivity contribution >= 4 is 22.6 Å². The van der Waals surface area contributed by atoms with E-state index < -0.39 is 0 Å². The number of imidazole rings is 1. The lowest BCUT2D eigenvalue weighted by molar-refractivity contribution is -0.117. The second-order valence-corrected chi connectivity index (χ2v) is 8.01. The summed E-state index contributed by atoms with van der Waals surface area (Å²) in [6.07, 6.45) is 1.21. The molecule has 1 aliphatic rings. The Morgan fingerprint density at radius 3 is 2.53 bits per heavy atom. The summed E-state index contributed by atoms with van der Waals surface area (Å²) in [4.78, 5) is 19.4. The van der Waals surface area contributed by atoms with Crippen LogP contribution in [0.1, 0.15) is 24.6 Å². The number of halogens is 1. The van der Waals surface area contributed by atoms with Crippen LogP contribution in [0.2, 0.25) is 0 Å². The van der Waals surface area contributed by atoms with Crippen LogP contribution in [0.5, 0.6) is 5.75 Å². The summed E-state index contributed by atoms with van der Waals surface area (Å²) in [5, 5.41) is 0. The molecular formula is C26H24FN3O2. The Morgan fingerprint density at radius 1 is 0.969 bits per heavy atom. The summed E-state index contributed by atoms with van der Waals surface area (Å²) in [6.45, 7) is 1.89. The number of carbonyl (C=O) groups excluding carboxylic acids is 1. The normalized spacial score (nSPS) is 16.1. The molecule has 5 rings (SSSR count). The molecule has 2 heterocycles. The highest BCUT2D eigenvalue weighted by atomic mass is 19.1. The lowest BCUT2D eigenvalue weighted by atomic mass is 10.1. The Hall–Kier alpha value is -3.67. The Bertz CT molecular complexity index is 1220. The Balaban J connectivity index is 1.35. The minimum absolute atomic E-state index is 0.0185. The highest BCUT2D eigenvalue weighted by Crippen LogP contribution is 2.33. The van der Waals surface area contributed by atoms with Crippen molar-refractivity contribution in [2.24, 2.45) is 0 Å². The van der Waals surface area contributed by atoms with E-state index in [1.54, 1.807) is 17.0 Å². The Kier molecular flexibility index (Phi) is 5.58. The molecule has 0 spiro atoms. The van der Waals surface area contributed by atoms with Gasteiger partial charge >= 0.3 is 0 Å². The van der Waals surface area contributed by atoms with Gasteiger partial charge in [0.05, 0.1) is 17.6 Å². The van der Waals surface area contributed by atoms with Gasteiger partial charge in [-0.3, -0.25) is 4.79 Å². The Labute approximate surface area is 186 Å². The maximum Gasteiger partial charge on any atom is 0.227 e. The van der Waals surface area contributed by atoms with Crippen molar-refractivity contribution in [3.05, 3.63) is 90.5 Å². The lowest BCUT2D eigenvalue weighted by Crippen LogP contribution is -2.24. The molecule has 0 N–H and O–H groups in total. The number of carbonyl (C=O) groups is 1. The van der Waals surface area contributed by atoms with Crippen molar-refractivity contribution in [1.82, 2.24) is 9.55 Å². The quantitative estimate of drug-likeness (QED) is 0.381. The summed E-state index contributed by atoms with van der Waals surface area (Å²) in [5.74, 6) is 1.49. The zero-order valence-corrected chi connectivity index (χ0v) is 17.7. The SMILES string of the molecule is O=C1C[C@@H](c2nc3ccccc3n2CCCOc2ccccc2)CN1c1ccc(F)cc1. The fraction of sp³-hybridized carbons (Fsp3) is 0.231. The zero-order chi connectivity index (χ0) is 21.9.